The normalized spacial score (nSPS) is 12.6. The lowest BCUT2D eigenvalue weighted by Crippen LogP contribution is -2.43. The summed E-state index contributed by atoms with van der Waals surface area (Å²) in [5.41, 5.74) is 6.64. The second kappa shape index (κ2) is 7.50. The van der Waals surface area contributed by atoms with Crippen LogP contribution in [0.3, 0.4) is 0 Å². The van der Waals surface area contributed by atoms with Gasteiger partial charge in [0.1, 0.15) is 10.7 Å². The molecule has 0 aliphatic carbocycles. The standard InChI is InChI=1S/C16H18FN3O3S/c1-11-5-4-7-14(15(11)17)24(22,23)20-16(21)13(18)9-8-12-6-2-3-10-19-12/h2-7,10,13H,8-9,18H2,1H3,(H,20,21). The van der Waals surface area contributed by atoms with Gasteiger partial charge in [-0.15, -0.1) is 0 Å². The van der Waals surface area contributed by atoms with Gasteiger partial charge in [0.15, 0.2) is 0 Å². The minimum Gasteiger partial charge on any atom is -0.320 e. The van der Waals surface area contributed by atoms with Crippen molar-refractivity contribution in [1.29, 1.82) is 0 Å². The van der Waals surface area contributed by atoms with Crippen LogP contribution < -0.4 is 10.5 Å². The Hall–Kier alpha value is -2.32. The van der Waals surface area contributed by atoms with E-state index < -0.39 is 32.7 Å². The summed E-state index contributed by atoms with van der Waals surface area (Å²) in [6.45, 7) is 1.44. The molecule has 0 spiro atoms. The highest BCUT2D eigenvalue weighted by atomic mass is 32.2. The number of nitrogens with two attached hydrogens (primary N) is 1. The predicted octanol–water partition coefficient (Wildman–Crippen LogP) is 1.29. The summed E-state index contributed by atoms with van der Waals surface area (Å²) >= 11 is 0. The van der Waals surface area contributed by atoms with Crippen molar-refractivity contribution < 1.29 is 17.6 Å². The van der Waals surface area contributed by atoms with Crippen molar-refractivity contribution in [2.45, 2.75) is 30.7 Å². The first-order chi connectivity index (χ1) is 11.3. The van der Waals surface area contributed by atoms with E-state index in [9.17, 15) is 17.6 Å². The summed E-state index contributed by atoms with van der Waals surface area (Å²) in [6.07, 6.45) is 2.26. The third-order valence-electron chi connectivity index (χ3n) is 3.46. The maximum atomic E-state index is 13.9. The number of hydrogen-bond donors (Lipinski definition) is 2. The quantitative estimate of drug-likeness (QED) is 0.816. The lowest BCUT2D eigenvalue weighted by Gasteiger charge is -2.13. The zero-order valence-electron chi connectivity index (χ0n) is 13.1. The van der Waals surface area contributed by atoms with E-state index >= 15 is 0 Å². The zero-order valence-corrected chi connectivity index (χ0v) is 13.9. The number of pyridine rings is 1. The van der Waals surface area contributed by atoms with Crippen LogP contribution in [0.5, 0.6) is 0 Å². The SMILES string of the molecule is Cc1cccc(S(=O)(=O)NC(=O)C(N)CCc2ccccn2)c1F. The summed E-state index contributed by atoms with van der Waals surface area (Å²) in [6, 6.07) is 8.24. The molecule has 0 radical (unpaired) electrons. The molecule has 1 atom stereocenters. The largest absolute Gasteiger partial charge is 0.320 e. The number of benzene rings is 1. The Morgan fingerprint density at radius 3 is 2.71 bits per heavy atom. The maximum Gasteiger partial charge on any atom is 0.267 e. The molecular weight excluding hydrogens is 333 g/mol. The van der Waals surface area contributed by atoms with E-state index in [0.29, 0.717) is 6.42 Å². The van der Waals surface area contributed by atoms with Crippen LogP contribution >= 0.6 is 0 Å². The highest BCUT2D eigenvalue weighted by Crippen LogP contribution is 2.17. The predicted molar refractivity (Wildman–Crippen MR) is 87.0 cm³/mol. The molecule has 0 saturated carbocycles. The van der Waals surface area contributed by atoms with Crippen LogP contribution in [0.2, 0.25) is 0 Å². The second-order valence-electron chi connectivity index (χ2n) is 5.32. The Labute approximate surface area is 140 Å². The molecule has 6 nitrogen and oxygen atoms in total. The van der Waals surface area contributed by atoms with Crippen molar-refractivity contribution in [3.63, 3.8) is 0 Å². The Morgan fingerprint density at radius 1 is 1.29 bits per heavy atom. The Balaban J connectivity index is 2.03. The lowest BCUT2D eigenvalue weighted by molar-refractivity contribution is -0.120. The first kappa shape index (κ1) is 18.0. The Bertz CT molecular complexity index is 826. The van der Waals surface area contributed by atoms with Gasteiger partial charge in [0.25, 0.3) is 15.9 Å². The third kappa shape index (κ3) is 4.36. The van der Waals surface area contributed by atoms with E-state index in [1.807, 2.05) is 4.72 Å². The van der Waals surface area contributed by atoms with Crippen molar-refractivity contribution in [3.8, 4) is 0 Å². The summed E-state index contributed by atoms with van der Waals surface area (Å²) < 4.78 is 40.1. The van der Waals surface area contributed by atoms with E-state index in [1.54, 1.807) is 24.4 Å². The van der Waals surface area contributed by atoms with Gasteiger partial charge in [0.05, 0.1) is 6.04 Å². The maximum absolute atomic E-state index is 13.9. The molecular formula is C16H18FN3O3S. The van der Waals surface area contributed by atoms with Crippen molar-refractivity contribution >= 4 is 15.9 Å². The van der Waals surface area contributed by atoms with Gasteiger partial charge >= 0.3 is 0 Å². The van der Waals surface area contributed by atoms with Gasteiger partial charge < -0.3 is 5.73 Å². The molecule has 3 N–H and O–H groups in total. The molecule has 0 fully saturated rings. The van der Waals surface area contributed by atoms with Crippen LogP contribution in [-0.2, 0) is 21.2 Å². The van der Waals surface area contributed by atoms with Crippen LogP contribution in [0.1, 0.15) is 17.7 Å². The van der Waals surface area contributed by atoms with Gasteiger partial charge in [-0.25, -0.2) is 17.5 Å². The first-order valence-electron chi connectivity index (χ1n) is 7.28. The molecule has 128 valence electrons. The van der Waals surface area contributed by atoms with Gasteiger partial charge in [0.2, 0.25) is 0 Å². The monoisotopic (exact) mass is 351 g/mol. The molecule has 1 unspecified atom stereocenters. The number of aryl methyl sites for hydroxylation is 2. The number of nitrogens with one attached hydrogen (secondary N) is 1. The zero-order chi connectivity index (χ0) is 17.7. The van der Waals surface area contributed by atoms with Crippen molar-refractivity contribution in [2.24, 2.45) is 5.73 Å². The Morgan fingerprint density at radius 2 is 2.04 bits per heavy atom. The fraction of sp³-hybridized carbons (Fsp3) is 0.250. The fourth-order valence-corrected chi connectivity index (χ4v) is 3.25. The molecule has 24 heavy (non-hydrogen) atoms. The molecule has 0 saturated heterocycles. The van der Waals surface area contributed by atoms with E-state index in [-0.39, 0.29) is 12.0 Å². The molecule has 0 bridgehead atoms. The topological polar surface area (TPSA) is 102 Å². The number of aromatic nitrogens is 1. The second-order valence-corrected chi connectivity index (χ2v) is 6.97. The molecule has 1 aromatic heterocycles. The van der Waals surface area contributed by atoms with Gasteiger partial charge in [-0.3, -0.25) is 9.78 Å². The molecule has 2 rings (SSSR count). The van der Waals surface area contributed by atoms with Crippen LogP contribution in [0.4, 0.5) is 4.39 Å². The van der Waals surface area contributed by atoms with Gasteiger partial charge in [0, 0.05) is 11.9 Å². The number of hydrogen-bond acceptors (Lipinski definition) is 5. The van der Waals surface area contributed by atoms with E-state index in [4.69, 9.17) is 5.73 Å². The molecule has 0 aliphatic rings. The number of halogens is 1. The molecule has 1 amide bonds. The fourth-order valence-electron chi connectivity index (χ4n) is 2.07. The van der Waals surface area contributed by atoms with Gasteiger partial charge in [-0.1, -0.05) is 18.2 Å². The van der Waals surface area contributed by atoms with Crippen LogP contribution in [0, 0.1) is 12.7 Å². The average molecular weight is 351 g/mol. The minimum absolute atomic E-state index is 0.171. The van der Waals surface area contributed by atoms with Crippen molar-refractivity contribution in [3.05, 3.63) is 59.7 Å². The van der Waals surface area contributed by atoms with E-state index in [1.165, 1.54) is 19.1 Å². The van der Waals surface area contributed by atoms with E-state index in [2.05, 4.69) is 4.98 Å². The number of nitrogens with zero attached hydrogens (tertiary/aromatic N) is 1. The highest BCUT2D eigenvalue weighted by molar-refractivity contribution is 7.90. The summed E-state index contributed by atoms with van der Waals surface area (Å²) in [7, 11) is -4.31. The number of sulfonamides is 1. The molecule has 0 aliphatic heterocycles. The first-order valence-corrected chi connectivity index (χ1v) is 8.77. The smallest absolute Gasteiger partial charge is 0.267 e. The molecule has 1 aromatic carbocycles. The third-order valence-corrected chi connectivity index (χ3v) is 4.82. The lowest BCUT2D eigenvalue weighted by atomic mass is 10.1. The number of rotatable bonds is 6. The number of carbonyl (C=O) groups is 1. The average Bonchev–Trinajstić information content (AvgIpc) is 2.55. The van der Waals surface area contributed by atoms with Crippen molar-refractivity contribution in [1.82, 2.24) is 9.71 Å². The molecule has 1 heterocycles. The summed E-state index contributed by atoms with van der Waals surface area (Å²) in [5, 5.41) is 0. The van der Waals surface area contributed by atoms with Gasteiger partial charge in [-0.2, -0.15) is 0 Å². The number of amides is 1. The van der Waals surface area contributed by atoms with Crippen LogP contribution in [-0.4, -0.2) is 25.4 Å². The van der Waals surface area contributed by atoms with Gasteiger partial charge in [-0.05, 0) is 43.5 Å². The number of carbonyl (C=O) groups excluding carboxylic acids is 1. The highest BCUT2D eigenvalue weighted by Gasteiger charge is 2.25. The summed E-state index contributed by atoms with van der Waals surface area (Å²) in [5.74, 6) is -1.77. The summed E-state index contributed by atoms with van der Waals surface area (Å²) in [4.78, 5) is 15.5. The molecule has 2 aromatic rings. The van der Waals surface area contributed by atoms with Crippen LogP contribution in [0.15, 0.2) is 47.5 Å². The Kier molecular flexibility index (Phi) is 5.63. The van der Waals surface area contributed by atoms with Crippen molar-refractivity contribution in [2.75, 3.05) is 0 Å². The van der Waals surface area contributed by atoms with E-state index in [0.717, 1.165) is 11.8 Å². The minimum atomic E-state index is -4.31. The molecule has 8 heteroatoms. The van der Waals surface area contributed by atoms with Crippen LogP contribution in [0.25, 0.3) is 0 Å².